The van der Waals surface area contributed by atoms with Gasteiger partial charge in [0.15, 0.2) is 0 Å². The van der Waals surface area contributed by atoms with Crippen LogP contribution in [0.1, 0.15) is 55.6 Å². The molecule has 0 aromatic heterocycles. The lowest BCUT2D eigenvalue weighted by Crippen LogP contribution is -2.59. The smallest absolute Gasteiger partial charge is 0.407 e. The van der Waals surface area contributed by atoms with Crippen LogP contribution >= 0.6 is 0 Å². The van der Waals surface area contributed by atoms with Gasteiger partial charge >= 0.3 is 6.09 Å². The highest BCUT2D eigenvalue weighted by Crippen LogP contribution is 2.57. The maximum atomic E-state index is 12.8. The molecule has 27 heavy (non-hydrogen) atoms. The van der Waals surface area contributed by atoms with E-state index < -0.39 is 0 Å². The summed E-state index contributed by atoms with van der Waals surface area (Å²) < 4.78 is 5.01. The second-order valence-corrected chi connectivity index (χ2v) is 9.43. The molecule has 1 N–H and O–H groups in total. The molecule has 5 nitrogen and oxygen atoms in total. The van der Waals surface area contributed by atoms with Crippen LogP contribution in [0.5, 0.6) is 0 Å². The van der Waals surface area contributed by atoms with E-state index in [-0.39, 0.29) is 23.5 Å². The Kier molecular flexibility index (Phi) is 3.78. The zero-order chi connectivity index (χ0) is 18.6. The normalized spacial score (nSPS) is 28.4. The summed E-state index contributed by atoms with van der Waals surface area (Å²) in [7, 11) is 0. The lowest BCUT2D eigenvalue weighted by atomic mass is 9.56. The summed E-state index contributed by atoms with van der Waals surface area (Å²) in [5.74, 6) is 1.04. The summed E-state index contributed by atoms with van der Waals surface area (Å²) in [6.07, 6.45) is 5.94. The van der Waals surface area contributed by atoms with Gasteiger partial charge in [-0.05, 0) is 62.3 Å². The number of ether oxygens (including phenoxy) is 1. The average molecular weight is 368 g/mol. The van der Waals surface area contributed by atoms with E-state index in [2.05, 4.69) is 41.4 Å². The van der Waals surface area contributed by atoms with Crippen LogP contribution in [0.4, 0.5) is 4.79 Å². The van der Waals surface area contributed by atoms with Gasteiger partial charge in [0.2, 0.25) is 5.91 Å². The molecule has 144 valence electrons. The lowest BCUT2D eigenvalue weighted by molar-refractivity contribution is -0.144. The van der Waals surface area contributed by atoms with Gasteiger partial charge in [-0.1, -0.05) is 29.8 Å². The maximum absolute atomic E-state index is 12.8. The molecule has 0 unspecified atom stereocenters. The van der Waals surface area contributed by atoms with Gasteiger partial charge in [-0.15, -0.1) is 0 Å². The van der Waals surface area contributed by atoms with Crippen LogP contribution in [0.3, 0.4) is 0 Å². The molecule has 0 bridgehead atoms. The summed E-state index contributed by atoms with van der Waals surface area (Å²) in [6, 6.07) is 8.92. The molecule has 0 radical (unpaired) electrons. The number of amides is 2. The molecule has 2 saturated heterocycles. The number of alkyl carbamates (subject to hydrolysis) is 1. The van der Waals surface area contributed by atoms with Crippen molar-refractivity contribution in [2.75, 3.05) is 19.7 Å². The minimum Gasteiger partial charge on any atom is -0.447 e. The van der Waals surface area contributed by atoms with Crippen molar-refractivity contribution in [1.29, 1.82) is 0 Å². The molecule has 2 aliphatic heterocycles. The molecule has 4 aliphatic rings. The molecule has 2 heterocycles. The van der Waals surface area contributed by atoms with Gasteiger partial charge in [-0.2, -0.15) is 0 Å². The maximum Gasteiger partial charge on any atom is 0.407 e. The molecule has 2 saturated carbocycles. The highest BCUT2D eigenvalue weighted by atomic mass is 16.6. The van der Waals surface area contributed by atoms with Crippen molar-refractivity contribution in [1.82, 2.24) is 10.2 Å². The Balaban J connectivity index is 1.12. The molecule has 0 atom stereocenters. The van der Waals surface area contributed by atoms with Gasteiger partial charge in [-0.3, -0.25) is 4.79 Å². The first-order chi connectivity index (χ1) is 13.0. The van der Waals surface area contributed by atoms with Crippen LogP contribution < -0.4 is 5.32 Å². The molecule has 4 fully saturated rings. The van der Waals surface area contributed by atoms with Crippen molar-refractivity contribution in [2.45, 2.75) is 56.9 Å². The van der Waals surface area contributed by atoms with Crippen molar-refractivity contribution in [2.24, 2.45) is 11.3 Å². The van der Waals surface area contributed by atoms with Crippen LogP contribution in [-0.4, -0.2) is 42.1 Å². The molecule has 2 amide bonds. The number of piperidine rings is 1. The summed E-state index contributed by atoms with van der Waals surface area (Å²) in [4.78, 5) is 26.1. The van der Waals surface area contributed by atoms with E-state index in [0.717, 1.165) is 38.8 Å². The largest absolute Gasteiger partial charge is 0.447 e. The third-order valence-electron chi connectivity index (χ3n) is 7.48. The van der Waals surface area contributed by atoms with E-state index in [1.165, 1.54) is 24.0 Å². The number of cyclic esters (lactones) is 1. The minimum atomic E-state index is -0.339. The summed E-state index contributed by atoms with van der Waals surface area (Å²) in [6.45, 7) is 4.37. The number of nitrogens with zero attached hydrogens (tertiary/aromatic N) is 1. The van der Waals surface area contributed by atoms with Gasteiger partial charge in [-0.25, -0.2) is 4.79 Å². The van der Waals surface area contributed by atoms with Crippen molar-refractivity contribution >= 4 is 12.0 Å². The molecule has 2 spiro atoms. The fourth-order valence-corrected chi connectivity index (χ4v) is 5.78. The molecule has 1 aromatic carbocycles. The van der Waals surface area contributed by atoms with Crippen LogP contribution in [-0.2, 0) is 9.53 Å². The van der Waals surface area contributed by atoms with Crippen LogP contribution in [0.15, 0.2) is 24.3 Å². The third-order valence-corrected chi connectivity index (χ3v) is 7.48. The van der Waals surface area contributed by atoms with Crippen LogP contribution in [0.2, 0.25) is 0 Å². The number of benzene rings is 1. The van der Waals surface area contributed by atoms with Crippen molar-refractivity contribution in [3.63, 3.8) is 0 Å². The number of carbonyl (C=O) groups is 2. The second-order valence-electron chi connectivity index (χ2n) is 9.43. The molecule has 5 heteroatoms. The fourth-order valence-electron chi connectivity index (χ4n) is 5.78. The first kappa shape index (κ1) is 17.1. The van der Waals surface area contributed by atoms with Crippen molar-refractivity contribution in [3.8, 4) is 0 Å². The van der Waals surface area contributed by atoms with E-state index >= 15 is 0 Å². The number of likely N-dealkylation sites (tertiary alicyclic amines) is 1. The lowest BCUT2D eigenvalue weighted by Gasteiger charge is -2.53. The predicted octanol–water partition coefficient (Wildman–Crippen LogP) is 3.37. The van der Waals surface area contributed by atoms with Crippen LogP contribution in [0.25, 0.3) is 0 Å². The van der Waals surface area contributed by atoms with E-state index in [1.807, 2.05) is 0 Å². The average Bonchev–Trinajstić information content (AvgIpc) is 3.00. The standard InChI is InChI=1S/C22H28N2O3/c1-15-3-2-4-16(9-15)17-10-21(11-17)5-7-24(8-6-21)19(25)18-12-22(13-18)14-27-20(26)23-22/h2-4,9,17-18H,5-8,10-14H2,1H3,(H,23,26)/t18-,22+. The quantitative estimate of drug-likeness (QED) is 0.871. The zero-order valence-corrected chi connectivity index (χ0v) is 16.0. The van der Waals surface area contributed by atoms with E-state index in [9.17, 15) is 9.59 Å². The monoisotopic (exact) mass is 368 g/mol. The van der Waals surface area contributed by atoms with Gasteiger partial charge in [0, 0.05) is 19.0 Å². The number of aryl methyl sites for hydroxylation is 1. The summed E-state index contributed by atoms with van der Waals surface area (Å²) in [5.41, 5.74) is 3.03. The zero-order valence-electron chi connectivity index (χ0n) is 16.0. The van der Waals surface area contributed by atoms with Gasteiger partial charge < -0.3 is 15.0 Å². The first-order valence-corrected chi connectivity index (χ1v) is 10.3. The van der Waals surface area contributed by atoms with E-state index in [0.29, 0.717) is 17.9 Å². The number of nitrogens with one attached hydrogen (secondary N) is 1. The van der Waals surface area contributed by atoms with Gasteiger partial charge in [0.05, 0.1) is 5.54 Å². The summed E-state index contributed by atoms with van der Waals surface area (Å²) in [5, 5.41) is 2.88. The second kappa shape index (κ2) is 5.98. The third kappa shape index (κ3) is 2.91. The molecular formula is C22H28N2O3. The number of carbonyl (C=O) groups excluding carboxylic acids is 2. The Morgan fingerprint density at radius 2 is 1.93 bits per heavy atom. The summed E-state index contributed by atoms with van der Waals surface area (Å²) >= 11 is 0. The van der Waals surface area contributed by atoms with Crippen molar-refractivity contribution in [3.05, 3.63) is 35.4 Å². The first-order valence-electron chi connectivity index (χ1n) is 10.3. The van der Waals surface area contributed by atoms with Gasteiger partial charge in [0.1, 0.15) is 6.61 Å². The van der Waals surface area contributed by atoms with Gasteiger partial charge in [0.25, 0.3) is 0 Å². The Hall–Kier alpha value is -2.04. The Bertz CT molecular complexity index is 768. The highest BCUT2D eigenvalue weighted by molar-refractivity contribution is 5.81. The Morgan fingerprint density at radius 3 is 2.56 bits per heavy atom. The van der Waals surface area contributed by atoms with Crippen molar-refractivity contribution < 1.29 is 14.3 Å². The minimum absolute atomic E-state index is 0.0579. The molecular weight excluding hydrogens is 340 g/mol. The molecule has 1 aromatic rings. The Labute approximate surface area is 160 Å². The molecule has 5 rings (SSSR count). The molecule has 2 aliphatic carbocycles. The van der Waals surface area contributed by atoms with E-state index in [1.54, 1.807) is 0 Å². The number of rotatable bonds is 2. The topological polar surface area (TPSA) is 58.6 Å². The predicted molar refractivity (Wildman–Crippen MR) is 101 cm³/mol. The number of hydrogen-bond acceptors (Lipinski definition) is 3. The fraction of sp³-hybridized carbons (Fsp3) is 0.636. The Morgan fingerprint density at radius 1 is 1.19 bits per heavy atom. The number of hydrogen-bond donors (Lipinski definition) is 1. The van der Waals surface area contributed by atoms with Crippen LogP contribution in [0, 0.1) is 18.3 Å². The SMILES string of the molecule is Cc1cccc(C2CC3(CCN(C(=O)[C@H]4C[C@]5(COC(=O)N5)C4)CC3)C2)c1. The van der Waals surface area contributed by atoms with E-state index in [4.69, 9.17) is 4.74 Å². The highest BCUT2D eigenvalue weighted by Gasteiger charge is 2.54.